The number of amides is 1. The summed E-state index contributed by atoms with van der Waals surface area (Å²) >= 11 is 0. The number of carbonyl (C=O) groups is 1. The second-order valence-electron chi connectivity index (χ2n) is 9.37. The van der Waals surface area contributed by atoms with E-state index in [4.69, 9.17) is 9.47 Å². The molecular weight excluding hydrogens is 416 g/mol. The number of nitriles is 1. The quantitative estimate of drug-likeness (QED) is 0.720. The minimum absolute atomic E-state index is 0.0353. The van der Waals surface area contributed by atoms with Crippen LogP contribution in [-0.2, 0) is 10.4 Å². The maximum atomic E-state index is 13.5. The first kappa shape index (κ1) is 23.1. The smallest absolute Gasteiger partial charge is 0.229 e. The van der Waals surface area contributed by atoms with Gasteiger partial charge in [0, 0.05) is 36.6 Å². The van der Waals surface area contributed by atoms with Crippen LogP contribution in [0.25, 0.3) is 0 Å². The third-order valence-corrected chi connectivity index (χ3v) is 7.53. The highest BCUT2D eigenvalue weighted by molar-refractivity contribution is 5.84. The molecule has 6 nitrogen and oxygen atoms in total. The summed E-state index contributed by atoms with van der Waals surface area (Å²) in [5.74, 6) is 1.12. The normalized spacial score (nSPS) is 27.4. The van der Waals surface area contributed by atoms with E-state index in [0.717, 1.165) is 17.5 Å². The Balaban J connectivity index is 1.64. The Bertz CT molecular complexity index is 1050. The van der Waals surface area contributed by atoms with Crippen molar-refractivity contribution in [1.82, 2.24) is 4.90 Å². The number of hydrogen-bond donors (Lipinski definition) is 1. The van der Waals surface area contributed by atoms with Gasteiger partial charge < -0.3 is 19.5 Å². The molecule has 33 heavy (non-hydrogen) atoms. The maximum absolute atomic E-state index is 13.5. The SMILES string of the molecule is COc1ccccc1C(C)C(=O)N1C[C@@H]2C[C@@H](CC#N)C[C@@](O)(c3ccccc3OC)[C@@H]2C1. The fourth-order valence-electron chi connectivity index (χ4n) is 5.96. The van der Waals surface area contributed by atoms with Crippen molar-refractivity contribution in [2.75, 3.05) is 27.3 Å². The highest BCUT2D eigenvalue weighted by Gasteiger charge is 2.54. The fourth-order valence-corrected chi connectivity index (χ4v) is 5.96. The number of carbonyl (C=O) groups excluding carboxylic acids is 1. The zero-order chi connectivity index (χ0) is 23.6. The van der Waals surface area contributed by atoms with Crippen molar-refractivity contribution in [3.05, 3.63) is 59.7 Å². The predicted octanol–water partition coefficient (Wildman–Crippen LogP) is 4.09. The van der Waals surface area contributed by atoms with Crippen molar-refractivity contribution < 1.29 is 19.4 Å². The number of ether oxygens (including phenoxy) is 2. The highest BCUT2D eigenvalue weighted by Crippen LogP contribution is 2.53. The van der Waals surface area contributed by atoms with Crippen molar-refractivity contribution in [2.24, 2.45) is 17.8 Å². The molecule has 1 saturated carbocycles. The van der Waals surface area contributed by atoms with Crippen molar-refractivity contribution in [3.63, 3.8) is 0 Å². The molecule has 1 aliphatic carbocycles. The maximum Gasteiger partial charge on any atom is 0.229 e. The third kappa shape index (κ3) is 4.18. The first-order valence-corrected chi connectivity index (χ1v) is 11.6. The molecule has 2 aromatic carbocycles. The summed E-state index contributed by atoms with van der Waals surface area (Å²) in [6, 6.07) is 17.5. The second kappa shape index (κ2) is 9.44. The first-order valence-electron chi connectivity index (χ1n) is 11.6. The van der Waals surface area contributed by atoms with Crippen LogP contribution in [-0.4, -0.2) is 43.2 Å². The average molecular weight is 449 g/mol. The Morgan fingerprint density at radius 3 is 2.52 bits per heavy atom. The lowest BCUT2D eigenvalue weighted by Crippen LogP contribution is -2.46. The number of nitrogens with zero attached hydrogens (tertiary/aromatic N) is 2. The molecule has 0 aromatic heterocycles. The van der Waals surface area contributed by atoms with Gasteiger partial charge >= 0.3 is 0 Å². The number of likely N-dealkylation sites (tertiary alicyclic amines) is 1. The number of methoxy groups -OCH3 is 2. The monoisotopic (exact) mass is 448 g/mol. The van der Waals surface area contributed by atoms with Crippen LogP contribution in [0.15, 0.2) is 48.5 Å². The summed E-state index contributed by atoms with van der Waals surface area (Å²) in [7, 11) is 3.22. The molecule has 2 aliphatic rings. The van der Waals surface area contributed by atoms with E-state index in [9.17, 15) is 15.2 Å². The first-order chi connectivity index (χ1) is 15.9. The average Bonchev–Trinajstić information content (AvgIpc) is 3.28. The summed E-state index contributed by atoms with van der Waals surface area (Å²) in [4.78, 5) is 15.4. The van der Waals surface area contributed by atoms with Gasteiger partial charge in [0.2, 0.25) is 5.91 Å². The van der Waals surface area contributed by atoms with Crippen LogP contribution in [0.4, 0.5) is 0 Å². The lowest BCUT2D eigenvalue weighted by Gasteiger charge is -2.45. The van der Waals surface area contributed by atoms with Gasteiger partial charge in [-0.25, -0.2) is 0 Å². The summed E-state index contributed by atoms with van der Waals surface area (Å²) in [5, 5.41) is 21.5. The van der Waals surface area contributed by atoms with E-state index in [2.05, 4.69) is 6.07 Å². The van der Waals surface area contributed by atoms with Crippen LogP contribution < -0.4 is 9.47 Å². The van der Waals surface area contributed by atoms with Gasteiger partial charge in [-0.1, -0.05) is 36.4 Å². The van der Waals surface area contributed by atoms with Crippen molar-refractivity contribution in [3.8, 4) is 17.6 Å². The number of fused-ring (bicyclic) bond motifs is 1. The molecule has 1 aliphatic heterocycles. The summed E-state index contributed by atoms with van der Waals surface area (Å²) in [6.45, 7) is 2.98. The van der Waals surface area contributed by atoms with E-state index >= 15 is 0 Å². The Hall–Kier alpha value is -3.04. The van der Waals surface area contributed by atoms with Crippen LogP contribution >= 0.6 is 0 Å². The van der Waals surface area contributed by atoms with Crippen LogP contribution in [0, 0.1) is 29.1 Å². The minimum atomic E-state index is -1.15. The number of rotatable bonds is 6. The summed E-state index contributed by atoms with van der Waals surface area (Å²) in [5.41, 5.74) is 0.458. The van der Waals surface area contributed by atoms with E-state index in [-0.39, 0.29) is 29.6 Å². The molecule has 1 unspecified atom stereocenters. The Morgan fingerprint density at radius 2 is 1.82 bits per heavy atom. The van der Waals surface area contributed by atoms with Gasteiger partial charge in [-0.2, -0.15) is 5.26 Å². The topological polar surface area (TPSA) is 82.8 Å². The van der Waals surface area contributed by atoms with Crippen LogP contribution in [0.3, 0.4) is 0 Å². The van der Waals surface area contributed by atoms with Gasteiger partial charge in [0.05, 0.1) is 31.8 Å². The largest absolute Gasteiger partial charge is 0.496 e. The molecule has 5 atom stereocenters. The van der Waals surface area contributed by atoms with Gasteiger partial charge in [-0.3, -0.25) is 4.79 Å². The number of aliphatic hydroxyl groups is 1. The van der Waals surface area contributed by atoms with E-state index in [1.54, 1.807) is 14.2 Å². The van der Waals surface area contributed by atoms with Crippen molar-refractivity contribution in [2.45, 2.75) is 37.7 Å². The van der Waals surface area contributed by atoms with Crippen LogP contribution in [0.1, 0.15) is 43.2 Å². The molecule has 1 N–H and O–H groups in total. The molecule has 4 rings (SSSR count). The van der Waals surface area contributed by atoms with E-state index in [0.29, 0.717) is 37.4 Å². The zero-order valence-electron chi connectivity index (χ0n) is 19.5. The molecular formula is C27H32N2O4. The van der Waals surface area contributed by atoms with Crippen LogP contribution in [0.2, 0.25) is 0 Å². The molecule has 1 amide bonds. The van der Waals surface area contributed by atoms with Crippen molar-refractivity contribution >= 4 is 5.91 Å². The van der Waals surface area contributed by atoms with Gasteiger partial charge in [0.25, 0.3) is 0 Å². The van der Waals surface area contributed by atoms with E-state index < -0.39 is 5.60 Å². The lowest BCUT2D eigenvalue weighted by atomic mass is 9.63. The van der Waals surface area contributed by atoms with Crippen LogP contribution in [0.5, 0.6) is 11.5 Å². The van der Waals surface area contributed by atoms with Gasteiger partial charge in [-0.05, 0) is 43.7 Å². The van der Waals surface area contributed by atoms with Gasteiger partial charge in [0.15, 0.2) is 0 Å². The van der Waals surface area contributed by atoms with Gasteiger partial charge in [-0.15, -0.1) is 0 Å². The number of benzene rings is 2. The minimum Gasteiger partial charge on any atom is -0.496 e. The standard InChI is InChI=1S/C27H32N2O4/c1-18(21-8-4-6-10-24(21)32-2)26(30)29-16-20-14-19(12-13-28)15-27(31,23(20)17-29)22-9-5-7-11-25(22)33-3/h4-11,18-20,23,31H,12,14-17H2,1-3H3/t18?,19-,20+,23-,27-/m1/s1. The predicted molar refractivity (Wildman–Crippen MR) is 125 cm³/mol. The van der Waals surface area contributed by atoms with Crippen molar-refractivity contribution in [1.29, 1.82) is 5.26 Å². The summed E-state index contributed by atoms with van der Waals surface area (Å²) < 4.78 is 11.1. The molecule has 2 fully saturated rings. The molecule has 1 heterocycles. The molecule has 0 spiro atoms. The highest BCUT2D eigenvalue weighted by atomic mass is 16.5. The Labute approximate surface area is 195 Å². The fraction of sp³-hybridized carbons (Fsp3) is 0.481. The lowest BCUT2D eigenvalue weighted by molar-refractivity contribution is -0.132. The second-order valence-corrected chi connectivity index (χ2v) is 9.37. The van der Waals surface area contributed by atoms with E-state index in [1.807, 2.05) is 60.4 Å². The molecule has 2 aromatic rings. The number of para-hydroxylation sites is 2. The Morgan fingerprint density at radius 1 is 1.15 bits per heavy atom. The molecule has 0 bridgehead atoms. The third-order valence-electron chi connectivity index (χ3n) is 7.53. The molecule has 174 valence electrons. The van der Waals surface area contributed by atoms with Gasteiger partial charge in [0.1, 0.15) is 11.5 Å². The molecule has 1 saturated heterocycles. The molecule has 6 heteroatoms. The molecule has 0 radical (unpaired) electrons. The number of hydrogen-bond acceptors (Lipinski definition) is 5. The Kier molecular flexibility index (Phi) is 6.62. The summed E-state index contributed by atoms with van der Waals surface area (Å²) in [6.07, 6.45) is 1.72. The van der Waals surface area contributed by atoms with E-state index in [1.165, 1.54) is 0 Å². The zero-order valence-corrected chi connectivity index (χ0v) is 19.5.